The Morgan fingerprint density at radius 3 is 2.93 bits per heavy atom. The molecule has 0 aliphatic rings. The number of aromatic nitrogens is 3. The first kappa shape index (κ1) is 10.2. The van der Waals surface area contributed by atoms with Crippen LogP contribution in [0, 0.1) is 0 Å². The van der Waals surface area contributed by atoms with Crippen LogP contribution in [0.2, 0.25) is 0 Å². The molecule has 0 aliphatic carbocycles. The van der Waals surface area contributed by atoms with Gasteiger partial charge >= 0.3 is 0 Å². The van der Waals surface area contributed by atoms with E-state index in [9.17, 15) is 4.79 Å². The minimum Gasteiger partial charge on any atom is -0.317 e. The molecule has 0 unspecified atom stereocenters. The highest BCUT2D eigenvalue weighted by Crippen LogP contribution is 2.02. The first-order chi connectivity index (χ1) is 6.70. The summed E-state index contributed by atoms with van der Waals surface area (Å²) < 4.78 is 1.51. The molecule has 0 saturated heterocycles. The molecular weight excluding hydrogens is 178 g/mol. The number of aryl methyl sites for hydroxylation is 1. The fourth-order valence-electron chi connectivity index (χ4n) is 1.03. The molecule has 74 valence electrons. The molecule has 0 fully saturated rings. The normalized spacial score (nSPS) is 9.29. The molecule has 4 heteroatoms. The molecule has 0 aliphatic heterocycles. The minimum atomic E-state index is -0.0417. The molecule has 4 nitrogen and oxygen atoms in total. The van der Waals surface area contributed by atoms with E-state index in [4.69, 9.17) is 0 Å². The Bertz CT molecular complexity index is 481. The lowest BCUT2D eigenvalue weighted by molar-refractivity contribution is 0.868. The molecule has 0 bridgehead atoms. The van der Waals surface area contributed by atoms with Gasteiger partial charge in [0.25, 0.3) is 5.56 Å². The zero-order valence-corrected chi connectivity index (χ0v) is 8.32. The Morgan fingerprint density at radius 1 is 1.64 bits per heavy atom. The van der Waals surface area contributed by atoms with Gasteiger partial charge in [-0.25, -0.2) is 0 Å². The van der Waals surface area contributed by atoms with Gasteiger partial charge in [-0.3, -0.25) is 9.89 Å². The summed E-state index contributed by atoms with van der Waals surface area (Å²) in [5, 5.41) is 7.26. The van der Waals surface area contributed by atoms with Crippen molar-refractivity contribution in [3.05, 3.63) is 41.5 Å². The molecule has 0 spiro atoms. The van der Waals surface area contributed by atoms with Crippen LogP contribution >= 0.6 is 0 Å². The summed E-state index contributed by atoms with van der Waals surface area (Å²) in [6.07, 6.45) is 5.11. The monoisotopic (exact) mass is 191 g/mol. The Labute approximate surface area is 81.9 Å². The topological polar surface area (TPSA) is 50.7 Å². The molecule has 0 radical (unpaired) electrons. The van der Waals surface area contributed by atoms with E-state index in [2.05, 4.69) is 16.8 Å². The van der Waals surface area contributed by atoms with Gasteiger partial charge in [-0.05, 0) is 13.0 Å². The number of hydrogen-bond donors (Lipinski definition) is 1. The van der Waals surface area contributed by atoms with Crippen molar-refractivity contribution in [2.24, 2.45) is 7.05 Å². The third-order valence-corrected chi connectivity index (χ3v) is 1.68. The molecule has 2 heterocycles. The van der Waals surface area contributed by atoms with Crippen LogP contribution in [0.5, 0.6) is 0 Å². The second-order valence-electron chi connectivity index (χ2n) is 2.84. The Morgan fingerprint density at radius 2 is 2.29 bits per heavy atom. The predicted octanol–water partition coefficient (Wildman–Crippen LogP) is 1.45. The van der Waals surface area contributed by atoms with Gasteiger partial charge in [-0.2, -0.15) is 5.10 Å². The maximum absolute atomic E-state index is 11.3. The molecule has 0 saturated carbocycles. The summed E-state index contributed by atoms with van der Waals surface area (Å²) in [6, 6.07) is 1.85. The zero-order chi connectivity index (χ0) is 10.6. The van der Waals surface area contributed by atoms with Crippen molar-refractivity contribution in [3.8, 4) is 0 Å². The smallest absolute Gasteiger partial charge is 0.276 e. The Hall–Kier alpha value is -1.84. The third-order valence-electron chi connectivity index (χ3n) is 1.68. The van der Waals surface area contributed by atoms with E-state index in [1.807, 2.05) is 13.0 Å². The standard InChI is InChI=1S/C7H7N3O.C3H6/c1-10-3-2-5-4-8-9-6(5)7(10)11;1-3-2/h2-4H,1H3,(H,8,9);3H,1H2,2H3. The highest BCUT2D eigenvalue weighted by molar-refractivity contribution is 5.76. The van der Waals surface area contributed by atoms with Crippen LogP contribution in [-0.2, 0) is 7.05 Å². The molecule has 0 aromatic carbocycles. The number of rotatable bonds is 0. The molecular formula is C10H13N3O. The van der Waals surface area contributed by atoms with E-state index in [-0.39, 0.29) is 5.56 Å². The van der Waals surface area contributed by atoms with Crippen LogP contribution in [0.15, 0.2) is 35.9 Å². The molecule has 2 rings (SSSR count). The molecule has 14 heavy (non-hydrogen) atoms. The van der Waals surface area contributed by atoms with Crippen LogP contribution in [0.3, 0.4) is 0 Å². The number of H-pyrrole nitrogens is 1. The second kappa shape index (κ2) is 4.41. The van der Waals surface area contributed by atoms with Gasteiger partial charge in [-0.1, -0.05) is 6.08 Å². The molecule has 0 atom stereocenters. The number of fused-ring (bicyclic) bond motifs is 1. The summed E-state index contributed by atoms with van der Waals surface area (Å²) in [6.45, 7) is 5.25. The lowest BCUT2D eigenvalue weighted by atomic mass is 10.3. The van der Waals surface area contributed by atoms with E-state index < -0.39 is 0 Å². The van der Waals surface area contributed by atoms with E-state index in [0.717, 1.165) is 5.39 Å². The van der Waals surface area contributed by atoms with Crippen LogP contribution < -0.4 is 5.56 Å². The average molecular weight is 191 g/mol. The fraction of sp³-hybridized carbons (Fsp3) is 0.200. The SMILES string of the molecule is C=CC.Cn1ccc2cn[nH]c2c1=O. The van der Waals surface area contributed by atoms with Crippen molar-refractivity contribution in [2.75, 3.05) is 0 Å². The number of allylic oxidation sites excluding steroid dienone is 1. The second-order valence-corrected chi connectivity index (χ2v) is 2.84. The number of nitrogens with zero attached hydrogens (tertiary/aromatic N) is 2. The van der Waals surface area contributed by atoms with E-state index in [0.29, 0.717) is 5.52 Å². The van der Waals surface area contributed by atoms with Crippen molar-refractivity contribution < 1.29 is 0 Å². The Balaban J connectivity index is 0.000000293. The van der Waals surface area contributed by atoms with Crippen LogP contribution in [0.4, 0.5) is 0 Å². The highest BCUT2D eigenvalue weighted by Gasteiger charge is 1.99. The van der Waals surface area contributed by atoms with Gasteiger partial charge in [0.15, 0.2) is 0 Å². The first-order valence-electron chi connectivity index (χ1n) is 4.26. The van der Waals surface area contributed by atoms with Crippen molar-refractivity contribution in [2.45, 2.75) is 6.92 Å². The molecule has 2 aromatic rings. The van der Waals surface area contributed by atoms with E-state index in [1.165, 1.54) is 4.57 Å². The summed E-state index contributed by atoms with van der Waals surface area (Å²) in [5.41, 5.74) is 0.523. The minimum absolute atomic E-state index is 0.0417. The van der Waals surface area contributed by atoms with Gasteiger partial charge in [-0.15, -0.1) is 6.58 Å². The highest BCUT2D eigenvalue weighted by atomic mass is 16.1. The molecule has 0 amide bonds. The fourth-order valence-corrected chi connectivity index (χ4v) is 1.03. The van der Waals surface area contributed by atoms with E-state index in [1.54, 1.807) is 25.5 Å². The van der Waals surface area contributed by atoms with Crippen molar-refractivity contribution in [1.29, 1.82) is 0 Å². The predicted molar refractivity (Wildman–Crippen MR) is 57.2 cm³/mol. The third kappa shape index (κ3) is 1.90. The van der Waals surface area contributed by atoms with Gasteiger partial charge in [0.2, 0.25) is 0 Å². The van der Waals surface area contributed by atoms with Crippen molar-refractivity contribution in [1.82, 2.24) is 14.8 Å². The Kier molecular flexibility index (Phi) is 3.23. The van der Waals surface area contributed by atoms with Gasteiger partial charge in [0.05, 0.1) is 6.20 Å². The summed E-state index contributed by atoms with van der Waals surface area (Å²) in [7, 11) is 1.71. The maximum Gasteiger partial charge on any atom is 0.276 e. The number of hydrogen-bond acceptors (Lipinski definition) is 2. The number of aromatic amines is 1. The summed E-state index contributed by atoms with van der Waals surface area (Å²) in [5.74, 6) is 0. The quantitative estimate of drug-likeness (QED) is 0.641. The lowest BCUT2D eigenvalue weighted by Gasteiger charge is -1.93. The van der Waals surface area contributed by atoms with Crippen molar-refractivity contribution in [3.63, 3.8) is 0 Å². The molecule has 1 N–H and O–H groups in total. The van der Waals surface area contributed by atoms with Crippen LogP contribution in [0.1, 0.15) is 6.92 Å². The summed E-state index contributed by atoms with van der Waals surface area (Å²) >= 11 is 0. The first-order valence-corrected chi connectivity index (χ1v) is 4.26. The van der Waals surface area contributed by atoms with Crippen molar-refractivity contribution >= 4 is 10.9 Å². The van der Waals surface area contributed by atoms with Crippen LogP contribution in [-0.4, -0.2) is 14.8 Å². The maximum atomic E-state index is 11.3. The van der Waals surface area contributed by atoms with Crippen LogP contribution in [0.25, 0.3) is 10.9 Å². The van der Waals surface area contributed by atoms with E-state index >= 15 is 0 Å². The molecule has 2 aromatic heterocycles. The summed E-state index contributed by atoms with van der Waals surface area (Å²) in [4.78, 5) is 11.3. The van der Waals surface area contributed by atoms with Gasteiger partial charge in [0, 0.05) is 18.6 Å². The van der Waals surface area contributed by atoms with Gasteiger partial charge in [0.1, 0.15) is 5.52 Å². The largest absolute Gasteiger partial charge is 0.317 e. The average Bonchev–Trinajstić information content (AvgIpc) is 2.61. The lowest BCUT2D eigenvalue weighted by Crippen LogP contribution is -2.15. The van der Waals surface area contributed by atoms with Gasteiger partial charge < -0.3 is 4.57 Å². The number of pyridine rings is 1. The number of nitrogens with one attached hydrogen (secondary N) is 1. The zero-order valence-electron chi connectivity index (χ0n) is 8.32.